The highest BCUT2D eigenvalue weighted by atomic mass is 127. The molecule has 10 heteroatoms. The van der Waals surface area contributed by atoms with Crippen LogP contribution in [0.1, 0.15) is 22.3 Å². The number of aliphatic imine (C=N–C) groups is 1. The van der Waals surface area contributed by atoms with Gasteiger partial charge in [-0.3, -0.25) is 4.98 Å². The average Bonchev–Trinajstić information content (AvgIpc) is 3.58. The first-order chi connectivity index (χ1) is 21.9. The molecule has 5 aromatic rings. The van der Waals surface area contributed by atoms with Gasteiger partial charge in [0.2, 0.25) is 5.82 Å². The monoisotopic (exact) mass is 710 g/mol. The lowest BCUT2D eigenvalue weighted by atomic mass is 9.85. The number of allylic oxidation sites excluding steroid dienone is 1. The maximum Gasteiger partial charge on any atom is 0.642 e. The molecule has 0 bridgehead atoms. The fourth-order valence-corrected chi connectivity index (χ4v) is 7.96. The maximum atomic E-state index is 17.8. The highest BCUT2D eigenvalue weighted by molar-refractivity contribution is 14.1. The summed E-state index contributed by atoms with van der Waals surface area (Å²) in [5.74, 6) is 1.85. The summed E-state index contributed by atoms with van der Waals surface area (Å²) in [5, 5.41) is 0. The molecule has 6 nitrogen and oxygen atoms in total. The molecule has 45 heavy (non-hydrogen) atoms. The Bertz CT molecular complexity index is 2110. The second-order valence-corrected chi connectivity index (χ2v) is 12.3. The van der Waals surface area contributed by atoms with E-state index >= 15 is 8.63 Å². The molecule has 0 atom stereocenters. The van der Waals surface area contributed by atoms with Gasteiger partial charge in [-0.1, -0.05) is 36.4 Å². The van der Waals surface area contributed by atoms with Crippen molar-refractivity contribution in [1.82, 2.24) is 9.46 Å². The van der Waals surface area contributed by atoms with E-state index in [2.05, 4.69) is 27.6 Å². The number of hydrogen-bond donors (Lipinski definition) is 0. The predicted molar refractivity (Wildman–Crippen MR) is 182 cm³/mol. The number of halogens is 3. The van der Waals surface area contributed by atoms with Crippen molar-refractivity contribution in [3.05, 3.63) is 123 Å². The summed E-state index contributed by atoms with van der Waals surface area (Å²) < 4.78 is 49.6. The molecule has 0 saturated carbocycles. The summed E-state index contributed by atoms with van der Waals surface area (Å²) >= 11 is 2.20. The molecule has 0 amide bonds. The van der Waals surface area contributed by atoms with E-state index in [1.165, 1.54) is 8.96 Å². The summed E-state index contributed by atoms with van der Waals surface area (Å²) in [7, 11) is 3.21. The van der Waals surface area contributed by atoms with Crippen LogP contribution < -0.4 is 9.47 Å². The van der Waals surface area contributed by atoms with Gasteiger partial charge in [0.1, 0.15) is 17.2 Å². The van der Waals surface area contributed by atoms with E-state index in [1.54, 1.807) is 38.7 Å². The first-order valence-corrected chi connectivity index (χ1v) is 15.7. The number of pyridine rings is 1. The van der Waals surface area contributed by atoms with Crippen LogP contribution >= 0.6 is 22.6 Å². The van der Waals surface area contributed by atoms with E-state index in [1.807, 2.05) is 72.8 Å². The van der Waals surface area contributed by atoms with Crippen molar-refractivity contribution < 1.29 is 22.6 Å². The Morgan fingerprint density at radius 1 is 0.844 bits per heavy atom. The number of amidine groups is 1. The van der Waals surface area contributed by atoms with Crippen molar-refractivity contribution in [2.24, 2.45) is 4.99 Å². The topological polar surface area (TPSA) is 51.7 Å². The molecule has 0 fully saturated rings. The van der Waals surface area contributed by atoms with Gasteiger partial charge in [0.05, 0.1) is 28.9 Å². The van der Waals surface area contributed by atoms with Crippen LogP contribution in [-0.4, -0.2) is 46.7 Å². The van der Waals surface area contributed by atoms with Gasteiger partial charge in [-0.25, -0.2) is 0 Å². The van der Waals surface area contributed by atoms with Gasteiger partial charge in [-0.05, 0) is 111 Å². The number of rotatable bonds is 5. The van der Waals surface area contributed by atoms with Crippen LogP contribution in [0.2, 0.25) is 0 Å². The molecule has 222 valence electrons. The van der Waals surface area contributed by atoms with E-state index in [4.69, 9.17) is 14.5 Å². The second kappa shape index (κ2) is 10.5. The maximum absolute atomic E-state index is 17.8. The largest absolute Gasteiger partial charge is 0.642 e. The molecule has 1 aliphatic carbocycles. The number of benzene rings is 3. The fraction of sp³-hybridized carbons (Fsp3) is 0.114. The summed E-state index contributed by atoms with van der Waals surface area (Å²) in [6, 6.07) is 26.3. The molecular formula is C35H26BF2IN4O2. The minimum Gasteiger partial charge on any atom is -0.497 e. The molecular weight excluding hydrogens is 684 g/mol. The lowest BCUT2D eigenvalue weighted by molar-refractivity contribution is -0.291. The molecule has 0 saturated heterocycles. The fourth-order valence-electron chi connectivity index (χ4n) is 6.83. The third kappa shape index (κ3) is 4.14. The zero-order valence-electron chi connectivity index (χ0n) is 24.5. The summed E-state index contributed by atoms with van der Waals surface area (Å²) in [4.78, 5) is 9.55. The SMILES string of the molecule is COc1ccc(C2=[N+]3C(=Nc4c(-c5cccnc5)c5c(n4[B-]3(F)F)-c3ccc(OC)cc3CC5)C(c3ccccc3)=C2I)cc1. The first kappa shape index (κ1) is 27.9. The van der Waals surface area contributed by atoms with E-state index in [-0.39, 0.29) is 11.7 Å². The molecule has 0 unspecified atom stereocenters. The molecule has 4 heterocycles. The van der Waals surface area contributed by atoms with E-state index in [0.717, 1.165) is 27.8 Å². The summed E-state index contributed by atoms with van der Waals surface area (Å²) in [6.07, 6.45) is 4.72. The van der Waals surface area contributed by atoms with Gasteiger partial charge in [-0.15, -0.1) is 0 Å². The number of aryl methyl sites for hydroxylation is 1. The summed E-state index contributed by atoms with van der Waals surface area (Å²) in [5.41, 5.74) is 7.14. The summed E-state index contributed by atoms with van der Waals surface area (Å²) in [6.45, 7) is -4.44. The van der Waals surface area contributed by atoms with E-state index in [9.17, 15) is 0 Å². The van der Waals surface area contributed by atoms with Crippen molar-refractivity contribution in [2.45, 2.75) is 12.8 Å². The predicted octanol–water partition coefficient (Wildman–Crippen LogP) is 7.96. The highest BCUT2D eigenvalue weighted by Gasteiger charge is 2.56. The number of aromatic nitrogens is 2. The Morgan fingerprint density at radius 2 is 1.58 bits per heavy atom. The van der Waals surface area contributed by atoms with Crippen LogP contribution in [0, 0.1) is 0 Å². The zero-order valence-corrected chi connectivity index (χ0v) is 26.6. The average molecular weight is 710 g/mol. The Morgan fingerprint density at radius 3 is 2.29 bits per heavy atom. The third-order valence-electron chi connectivity index (χ3n) is 8.82. The first-order valence-electron chi connectivity index (χ1n) is 14.6. The van der Waals surface area contributed by atoms with Crippen LogP contribution in [0.5, 0.6) is 11.5 Å². The molecule has 8 rings (SSSR count). The Hall–Kier alpha value is -4.58. The zero-order chi connectivity index (χ0) is 30.9. The van der Waals surface area contributed by atoms with Crippen LogP contribution in [0.15, 0.2) is 106 Å². The second-order valence-electron chi connectivity index (χ2n) is 11.2. The Kier molecular flexibility index (Phi) is 6.52. The molecule has 3 aliphatic rings. The number of hydrogen-bond acceptors (Lipinski definition) is 4. The van der Waals surface area contributed by atoms with Crippen molar-refractivity contribution in [2.75, 3.05) is 14.2 Å². The quantitative estimate of drug-likeness (QED) is 0.138. The number of methoxy groups -OCH3 is 2. The molecule has 2 aromatic heterocycles. The number of fused-ring (bicyclic) bond motifs is 6. The number of nitrogens with zero attached hydrogens (tertiary/aromatic N) is 4. The highest BCUT2D eigenvalue weighted by Crippen LogP contribution is 2.52. The molecule has 0 N–H and O–H groups in total. The van der Waals surface area contributed by atoms with Crippen LogP contribution in [-0.2, 0) is 12.8 Å². The van der Waals surface area contributed by atoms with Crippen molar-refractivity contribution in [3.63, 3.8) is 0 Å². The van der Waals surface area contributed by atoms with Gasteiger partial charge >= 0.3 is 6.97 Å². The van der Waals surface area contributed by atoms with Gasteiger partial charge in [0.15, 0.2) is 0 Å². The minimum atomic E-state index is -4.44. The molecule has 3 aromatic carbocycles. The van der Waals surface area contributed by atoms with Gasteiger partial charge in [0, 0.05) is 29.2 Å². The van der Waals surface area contributed by atoms with Gasteiger partial charge < -0.3 is 27.1 Å². The third-order valence-corrected chi connectivity index (χ3v) is 9.87. The van der Waals surface area contributed by atoms with E-state index < -0.39 is 6.97 Å². The lowest BCUT2D eigenvalue weighted by Gasteiger charge is -2.33. The molecule has 0 spiro atoms. The minimum absolute atomic E-state index is 0.240. The van der Waals surface area contributed by atoms with Crippen LogP contribution in [0.3, 0.4) is 0 Å². The van der Waals surface area contributed by atoms with Crippen molar-refractivity contribution in [1.29, 1.82) is 0 Å². The number of ether oxygens (including phenoxy) is 2. The van der Waals surface area contributed by atoms with Crippen LogP contribution in [0.4, 0.5) is 14.4 Å². The van der Waals surface area contributed by atoms with Gasteiger partial charge in [0.25, 0.3) is 5.84 Å². The van der Waals surface area contributed by atoms with Crippen molar-refractivity contribution in [3.8, 4) is 33.9 Å². The van der Waals surface area contributed by atoms with Gasteiger partial charge in [-0.2, -0.15) is 0 Å². The normalized spacial score (nSPS) is 16.1. The standard InChI is InChI=1S/C35H26BF2IN4O2/c1-44-25-13-10-22(11-14-25)32-31(39)30(21-7-4-3-5-8-21)35-41-34-29(24-9-6-18-40-20-24)28-16-12-23-19-26(45-2)15-17-27(23)33(28)43(34)36(37,38)42(32)35/h3-11,13-15,17-20H,12,16H2,1-2H3. The molecule has 0 radical (unpaired) electrons. The Balaban J connectivity index is 1.48. The smallest absolute Gasteiger partial charge is 0.497 e. The molecule has 2 aliphatic heterocycles. The Labute approximate surface area is 272 Å². The van der Waals surface area contributed by atoms with E-state index in [0.29, 0.717) is 56.0 Å². The lowest BCUT2D eigenvalue weighted by Crippen LogP contribution is -2.53. The van der Waals surface area contributed by atoms with Crippen molar-refractivity contribution >= 4 is 52.5 Å². The van der Waals surface area contributed by atoms with Crippen LogP contribution in [0.25, 0.3) is 28.0 Å².